The average molecular weight is 410 g/mol. The van der Waals surface area contributed by atoms with E-state index >= 15 is 0 Å². The Hall–Kier alpha value is -2.11. The van der Waals surface area contributed by atoms with E-state index in [1.54, 1.807) is 0 Å². The fraction of sp³-hybridized carbons (Fsp3) is 0.522. The van der Waals surface area contributed by atoms with Crippen LogP contribution in [0.25, 0.3) is 10.8 Å². The van der Waals surface area contributed by atoms with Gasteiger partial charge in [0.05, 0.1) is 11.5 Å². The molecule has 158 valence electrons. The zero-order chi connectivity index (χ0) is 21.0. The van der Waals surface area contributed by atoms with E-state index in [4.69, 9.17) is 4.74 Å². The average Bonchev–Trinajstić information content (AvgIpc) is 2.68. The second kappa shape index (κ2) is 9.14. The Morgan fingerprint density at radius 3 is 2.45 bits per heavy atom. The van der Waals surface area contributed by atoms with Crippen LogP contribution in [0.4, 0.5) is 17.6 Å². The first-order valence-electron chi connectivity index (χ1n) is 10.3. The lowest BCUT2D eigenvalue weighted by Gasteiger charge is -2.27. The molecule has 1 fully saturated rings. The summed E-state index contributed by atoms with van der Waals surface area (Å²) in [4.78, 5) is 12.5. The minimum atomic E-state index is -4.75. The third kappa shape index (κ3) is 5.28. The number of unbranched alkanes of at least 4 members (excludes halogenated alkanes) is 2. The second-order valence-corrected chi connectivity index (χ2v) is 7.94. The number of fused-ring (bicyclic) bond motifs is 1. The molecule has 1 aliphatic rings. The van der Waals surface area contributed by atoms with E-state index in [1.165, 1.54) is 49.9 Å². The van der Waals surface area contributed by atoms with Crippen LogP contribution in [-0.4, -0.2) is 5.97 Å². The molecule has 0 N–H and O–H groups in total. The Morgan fingerprint density at radius 1 is 1.07 bits per heavy atom. The highest BCUT2D eigenvalue weighted by Crippen LogP contribution is 2.36. The van der Waals surface area contributed by atoms with Crippen LogP contribution in [0.2, 0.25) is 0 Å². The summed E-state index contributed by atoms with van der Waals surface area (Å²) in [6, 6.07) is 5.89. The van der Waals surface area contributed by atoms with Gasteiger partial charge >= 0.3 is 12.1 Å². The molecule has 2 nitrogen and oxygen atoms in total. The van der Waals surface area contributed by atoms with Crippen LogP contribution >= 0.6 is 0 Å². The third-order valence-corrected chi connectivity index (χ3v) is 5.85. The molecular formula is C23H26F4O2. The molecule has 0 saturated heterocycles. The second-order valence-electron chi connectivity index (χ2n) is 7.94. The van der Waals surface area contributed by atoms with E-state index in [0.717, 1.165) is 25.7 Å². The molecule has 0 heterocycles. The Morgan fingerprint density at radius 2 is 1.79 bits per heavy atom. The summed E-state index contributed by atoms with van der Waals surface area (Å²) in [7, 11) is 0. The van der Waals surface area contributed by atoms with Crippen molar-refractivity contribution >= 4 is 16.7 Å². The summed E-state index contributed by atoms with van der Waals surface area (Å²) >= 11 is 0. The number of carbonyl (C=O) groups is 1. The van der Waals surface area contributed by atoms with Crippen molar-refractivity contribution in [2.45, 2.75) is 64.5 Å². The molecule has 0 atom stereocenters. The number of benzene rings is 2. The molecule has 0 bridgehead atoms. The highest BCUT2D eigenvalue weighted by molar-refractivity contribution is 5.86. The number of hydrogen-bond acceptors (Lipinski definition) is 2. The van der Waals surface area contributed by atoms with Gasteiger partial charge in [-0.15, -0.1) is 0 Å². The summed E-state index contributed by atoms with van der Waals surface area (Å²) in [6.45, 7) is 2.18. The van der Waals surface area contributed by atoms with Gasteiger partial charge in [-0.2, -0.15) is 13.2 Å². The Balaban J connectivity index is 1.62. The lowest BCUT2D eigenvalue weighted by molar-refractivity contribution is -0.140. The van der Waals surface area contributed by atoms with Crippen LogP contribution in [-0.2, 0) is 11.0 Å². The van der Waals surface area contributed by atoms with Crippen LogP contribution in [0.5, 0.6) is 5.75 Å². The Kier molecular flexibility index (Phi) is 6.81. The van der Waals surface area contributed by atoms with Crippen LogP contribution < -0.4 is 4.74 Å². The SMILES string of the molecule is CCCCCC1CCC(C(=O)Oc2ccc3c(F)c(C(F)(F)F)ccc3c2)CC1. The normalized spacial score (nSPS) is 20.0. The maximum Gasteiger partial charge on any atom is 0.419 e. The van der Waals surface area contributed by atoms with E-state index in [9.17, 15) is 22.4 Å². The predicted molar refractivity (Wildman–Crippen MR) is 104 cm³/mol. The molecule has 0 aliphatic heterocycles. The maximum atomic E-state index is 14.2. The number of hydrogen-bond donors (Lipinski definition) is 0. The van der Waals surface area contributed by atoms with Gasteiger partial charge in [0.15, 0.2) is 0 Å². The van der Waals surface area contributed by atoms with Gasteiger partial charge in [-0.3, -0.25) is 4.79 Å². The number of esters is 1. The largest absolute Gasteiger partial charge is 0.426 e. The van der Waals surface area contributed by atoms with Crippen molar-refractivity contribution in [2.24, 2.45) is 11.8 Å². The number of ether oxygens (including phenoxy) is 1. The first-order valence-corrected chi connectivity index (χ1v) is 10.3. The van der Waals surface area contributed by atoms with Crippen LogP contribution in [0.3, 0.4) is 0 Å². The monoisotopic (exact) mass is 410 g/mol. The van der Waals surface area contributed by atoms with Gasteiger partial charge in [0.1, 0.15) is 11.6 Å². The Labute approximate surface area is 168 Å². The summed E-state index contributed by atoms with van der Waals surface area (Å²) in [5.41, 5.74) is -1.30. The van der Waals surface area contributed by atoms with E-state index in [0.29, 0.717) is 12.0 Å². The zero-order valence-electron chi connectivity index (χ0n) is 16.5. The van der Waals surface area contributed by atoms with Crippen LogP contribution in [0, 0.1) is 17.7 Å². The van der Waals surface area contributed by atoms with Crippen molar-refractivity contribution in [3.05, 3.63) is 41.7 Å². The number of rotatable bonds is 6. The topological polar surface area (TPSA) is 26.3 Å². The molecule has 2 aromatic carbocycles. The fourth-order valence-electron chi connectivity index (χ4n) is 4.12. The lowest BCUT2D eigenvalue weighted by Crippen LogP contribution is -2.25. The van der Waals surface area contributed by atoms with Crippen molar-refractivity contribution in [3.8, 4) is 5.75 Å². The van der Waals surface area contributed by atoms with Crippen LogP contribution in [0.15, 0.2) is 30.3 Å². The first-order chi connectivity index (χ1) is 13.8. The van der Waals surface area contributed by atoms with Crippen LogP contribution in [0.1, 0.15) is 63.9 Å². The predicted octanol–water partition coefficient (Wildman–Crippen LogP) is 7.29. The quantitative estimate of drug-likeness (QED) is 0.216. The van der Waals surface area contributed by atoms with E-state index in [2.05, 4.69) is 6.92 Å². The van der Waals surface area contributed by atoms with Crippen molar-refractivity contribution in [2.75, 3.05) is 0 Å². The molecule has 0 amide bonds. The van der Waals surface area contributed by atoms with Gasteiger partial charge in [0.2, 0.25) is 0 Å². The molecule has 29 heavy (non-hydrogen) atoms. The third-order valence-electron chi connectivity index (χ3n) is 5.85. The van der Waals surface area contributed by atoms with E-state index in [-0.39, 0.29) is 28.4 Å². The molecule has 2 aromatic rings. The van der Waals surface area contributed by atoms with Crippen molar-refractivity contribution in [1.29, 1.82) is 0 Å². The fourth-order valence-corrected chi connectivity index (χ4v) is 4.12. The summed E-state index contributed by atoms with van der Waals surface area (Å²) in [6.07, 6.45) is 3.78. The maximum absolute atomic E-state index is 14.2. The minimum absolute atomic E-state index is 0.146. The van der Waals surface area contributed by atoms with Crippen molar-refractivity contribution in [1.82, 2.24) is 0 Å². The molecular weight excluding hydrogens is 384 g/mol. The summed E-state index contributed by atoms with van der Waals surface area (Å²) < 4.78 is 58.1. The van der Waals surface area contributed by atoms with Crippen molar-refractivity contribution in [3.63, 3.8) is 0 Å². The van der Waals surface area contributed by atoms with Crippen molar-refractivity contribution < 1.29 is 27.1 Å². The van der Waals surface area contributed by atoms with E-state index in [1.807, 2.05) is 0 Å². The van der Waals surface area contributed by atoms with E-state index < -0.39 is 17.6 Å². The van der Waals surface area contributed by atoms with Gasteiger partial charge in [0, 0.05) is 5.39 Å². The number of halogens is 4. The molecule has 3 rings (SSSR count). The lowest BCUT2D eigenvalue weighted by atomic mass is 9.80. The minimum Gasteiger partial charge on any atom is -0.426 e. The number of carbonyl (C=O) groups excluding carboxylic acids is 1. The highest BCUT2D eigenvalue weighted by atomic mass is 19.4. The Bertz CT molecular complexity index is 852. The smallest absolute Gasteiger partial charge is 0.419 e. The van der Waals surface area contributed by atoms with Gasteiger partial charge < -0.3 is 4.74 Å². The molecule has 1 aliphatic carbocycles. The zero-order valence-corrected chi connectivity index (χ0v) is 16.5. The summed E-state index contributed by atoms with van der Waals surface area (Å²) in [5.74, 6) is -0.876. The van der Waals surface area contributed by atoms with Gasteiger partial charge in [-0.25, -0.2) is 4.39 Å². The molecule has 6 heteroatoms. The molecule has 1 saturated carbocycles. The van der Waals surface area contributed by atoms with Gasteiger partial charge in [-0.05, 0) is 61.3 Å². The molecule has 0 radical (unpaired) electrons. The van der Waals surface area contributed by atoms with Gasteiger partial charge in [0.25, 0.3) is 0 Å². The highest BCUT2D eigenvalue weighted by Gasteiger charge is 2.34. The number of alkyl halides is 3. The standard InChI is InChI=1S/C23H26F4O2/c1-2-3-4-5-15-6-8-16(9-7-15)22(28)29-18-11-12-19-17(14-18)10-13-20(21(19)24)23(25,26)27/h10-16H,2-9H2,1H3. The first kappa shape index (κ1) is 21.6. The van der Waals surface area contributed by atoms with Gasteiger partial charge in [-0.1, -0.05) is 38.7 Å². The molecule has 0 unspecified atom stereocenters. The molecule has 0 aromatic heterocycles. The molecule has 0 spiro atoms. The summed E-state index contributed by atoms with van der Waals surface area (Å²) in [5, 5.41) is 0.118.